The number of anilines is 1. The molecule has 1 N–H and O–H groups in total. The van der Waals surface area contributed by atoms with Gasteiger partial charge in [0.2, 0.25) is 0 Å². The molecule has 2 nitrogen and oxygen atoms in total. The maximum Gasteiger partial charge on any atom is 0.0437 e. The molecule has 18 heavy (non-hydrogen) atoms. The maximum atomic E-state index is 3.52. The van der Waals surface area contributed by atoms with Crippen molar-refractivity contribution in [3.05, 3.63) is 29.8 Å². The molecule has 0 fully saturated rings. The lowest BCUT2D eigenvalue weighted by Crippen LogP contribution is -2.48. The Morgan fingerprint density at radius 3 is 2.78 bits per heavy atom. The number of likely N-dealkylation sites (N-methyl/N-ethyl adjacent to an activating group) is 1. The van der Waals surface area contributed by atoms with Gasteiger partial charge < -0.3 is 10.2 Å². The molecule has 1 aromatic carbocycles. The van der Waals surface area contributed by atoms with Gasteiger partial charge in [0.15, 0.2) is 0 Å². The lowest BCUT2D eigenvalue weighted by atomic mass is 9.95. The molecule has 0 saturated heterocycles. The molecule has 2 rings (SSSR count). The van der Waals surface area contributed by atoms with Gasteiger partial charge in [-0.15, -0.1) is 0 Å². The quantitative estimate of drug-likeness (QED) is 0.859. The summed E-state index contributed by atoms with van der Waals surface area (Å²) in [6, 6.07) is 9.51. The van der Waals surface area contributed by atoms with Crippen molar-refractivity contribution in [3.63, 3.8) is 0 Å². The lowest BCUT2D eigenvalue weighted by molar-refractivity contribution is 0.421. The number of aryl methyl sites for hydroxylation is 1. The zero-order chi connectivity index (χ0) is 13.0. The molecule has 0 spiro atoms. The maximum absolute atomic E-state index is 3.52. The smallest absolute Gasteiger partial charge is 0.0437 e. The summed E-state index contributed by atoms with van der Waals surface area (Å²) in [5, 5.41) is 3.52. The molecular formula is C16H26N2. The topological polar surface area (TPSA) is 15.3 Å². The van der Waals surface area contributed by atoms with Gasteiger partial charge in [-0.25, -0.2) is 0 Å². The minimum Gasteiger partial charge on any atom is -0.367 e. The minimum atomic E-state index is 0.603. The summed E-state index contributed by atoms with van der Waals surface area (Å²) >= 11 is 0. The molecule has 2 heteroatoms. The second-order valence-corrected chi connectivity index (χ2v) is 5.54. The van der Waals surface area contributed by atoms with E-state index in [1.807, 2.05) is 0 Å². The van der Waals surface area contributed by atoms with Crippen molar-refractivity contribution in [2.45, 2.75) is 39.7 Å². The van der Waals surface area contributed by atoms with Crippen LogP contribution in [0.5, 0.6) is 0 Å². The van der Waals surface area contributed by atoms with Crippen LogP contribution in [0.25, 0.3) is 0 Å². The van der Waals surface area contributed by atoms with Crippen LogP contribution in [0.4, 0.5) is 5.69 Å². The molecule has 1 unspecified atom stereocenters. The van der Waals surface area contributed by atoms with E-state index >= 15 is 0 Å². The molecule has 1 heterocycles. The number of nitrogens with one attached hydrogen (secondary N) is 1. The normalized spacial score (nSPS) is 16.8. The zero-order valence-corrected chi connectivity index (χ0v) is 11.9. The molecule has 0 radical (unpaired) electrons. The van der Waals surface area contributed by atoms with Crippen molar-refractivity contribution < 1.29 is 0 Å². The fourth-order valence-corrected chi connectivity index (χ4v) is 2.91. The molecule has 1 atom stereocenters. The number of hydrogen-bond acceptors (Lipinski definition) is 2. The van der Waals surface area contributed by atoms with Gasteiger partial charge in [0.1, 0.15) is 0 Å². The summed E-state index contributed by atoms with van der Waals surface area (Å²) in [6.45, 7) is 10.2. The van der Waals surface area contributed by atoms with Crippen LogP contribution in [-0.4, -0.2) is 25.7 Å². The van der Waals surface area contributed by atoms with Crippen LogP contribution in [0.2, 0.25) is 0 Å². The Morgan fingerprint density at radius 2 is 2.06 bits per heavy atom. The minimum absolute atomic E-state index is 0.603. The molecular weight excluding hydrogens is 220 g/mol. The van der Waals surface area contributed by atoms with E-state index < -0.39 is 0 Å². The number of fused-ring (bicyclic) bond motifs is 1. The molecule has 100 valence electrons. The van der Waals surface area contributed by atoms with E-state index in [1.54, 1.807) is 0 Å². The summed E-state index contributed by atoms with van der Waals surface area (Å²) < 4.78 is 0. The molecule has 1 aliphatic rings. The van der Waals surface area contributed by atoms with Crippen molar-refractivity contribution in [1.82, 2.24) is 5.32 Å². The number of hydrogen-bond donors (Lipinski definition) is 1. The summed E-state index contributed by atoms with van der Waals surface area (Å²) in [6.07, 6.45) is 2.52. The molecule has 0 aromatic heterocycles. The van der Waals surface area contributed by atoms with E-state index in [2.05, 4.69) is 55.3 Å². The predicted molar refractivity (Wildman–Crippen MR) is 79.3 cm³/mol. The van der Waals surface area contributed by atoms with Crippen LogP contribution in [0.1, 0.15) is 32.8 Å². The first-order chi connectivity index (χ1) is 8.74. The monoisotopic (exact) mass is 246 g/mol. The highest BCUT2D eigenvalue weighted by Crippen LogP contribution is 2.30. The largest absolute Gasteiger partial charge is 0.367 e. The van der Waals surface area contributed by atoms with E-state index in [0.29, 0.717) is 12.0 Å². The second kappa shape index (κ2) is 6.24. The molecule has 0 saturated carbocycles. The van der Waals surface area contributed by atoms with Gasteiger partial charge >= 0.3 is 0 Å². The van der Waals surface area contributed by atoms with Crippen LogP contribution < -0.4 is 10.2 Å². The first-order valence-corrected chi connectivity index (χ1v) is 7.29. The highest BCUT2D eigenvalue weighted by molar-refractivity contribution is 5.56. The van der Waals surface area contributed by atoms with Gasteiger partial charge in [-0.1, -0.05) is 39.0 Å². The molecule has 1 aromatic rings. The standard InChI is InChI=1S/C16H26N2/c1-4-17-12-16(13(2)3)18-11-7-9-14-8-5-6-10-15(14)18/h5-6,8,10,13,16-17H,4,7,9,11-12H2,1-3H3. The Hall–Kier alpha value is -1.02. The average Bonchev–Trinajstić information content (AvgIpc) is 2.39. The van der Waals surface area contributed by atoms with Gasteiger partial charge in [0.25, 0.3) is 0 Å². The summed E-state index contributed by atoms with van der Waals surface area (Å²) in [4.78, 5) is 2.62. The second-order valence-electron chi connectivity index (χ2n) is 5.54. The van der Waals surface area contributed by atoms with Crippen LogP contribution in [0.15, 0.2) is 24.3 Å². The Bertz CT molecular complexity index is 373. The summed E-state index contributed by atoms with van der Waals surface area (Å²) in [7, 11) is 0. The van der Waals surface area contributed by atoms with Crippen molar-refractivity contribution in [3.8, 4) is 0 Å². The van der Waals surface area contributed by atoms with Crippen molar-refractivity contribution in [2.75, 3.05) is 24.5 Å². The van der Waals surface area contributed by atoms with Gasteiger partial charge in [-0.3, -0.25) is 0 Å². The Balaban J connectivity index is 2.21. The number of rotatable bonds is 5. The number of nitrogens with zero attached hydrogens (tertiary/aromatic N) is 1. The van der Waals surface area contributed by atoms with Gasteiger partial charge in [-0.2, -0.15) is 0 Å². The van der Waals surface area contributed by atoms with Crippen LogP contribution in [0, 0.1) is 5.92 Å². The third kappa shape index (κ3) is 2.86. The number of benzene rings is 1. The average molecular weight is 246 g/mol. The van der Waals surface area contributed by atoms with Crippen molar-refractivity contribution in [1.29, 1.82) is 0 Å². The Kier molecular flexibility index (Phi) is 4.65. The van der Waals surface area contributed by atoms with Crippen LogP contribution in [0.3, 0.4) is 0 Å². The van der Waals surface area contributed by atoms with E-state index in [1.165, 1.54) is 30.6 Å². The highest BCUT2D eigenvalue weighted by atomic mass is 15.2. The fraction of sp³-hybridized carbons (Fsp3) is 0.625. The molecule has 0 bridgehead atoms. The highest BCUT2D eigenvalue weighted by Gasteiger charge is 2.25. The SMILES string of the molecule is CCNCC(C(C)C)N1CCCc2ccccc21. The Labute approximate surface area is 111 Å². The third-order valence-electron chi connectivity index (χ3n) is 3.92. The fourth-order valence-electron chi connectivity index (χ4n) is 2.91. The van der Waals surface area contributed by atoms with E-state index in [9.17, 15) is 0 Å². The van der Waals surface area contributed by atoms with Gasteiger partial charge in [-0.05, 0) is 36.9 Å². The summed E-state index contributed by atoms with van der Waals surface area (Å²) in [5.74, 6) is 0.676. The van der Waals surface area contributed by atoms with Crippen molar-refractivity contribution >= 4 is 5.69 Å². The van der Waals surface area contributed by atoms with Crippen molar-refractivity contribution in [2.24, 2.45) is 5.92 Å². The third-order valence-corrected chi connectivity index (χ3v) is 3.92. The van der Waals surface area contributed by atoms with E-state index in [0.717, 1.165) is 13.1 Å². The van der Waals surface area contributed by atoms with Crippen LogP contribution in [-0.2, 0) is 6.42 Å². The predicted octanol–water partition coefficient (Wildman–Crippen LogP) is 3.07. The van der Waals surface area contributed by atoms with E-state index in [-0.39, 0.29) is 0 Å². The first-order valence-electron chi connectivity index (χ1n) is 7.29. The Morgan fingerprint density at radius 1 is 1.28 bits per heavy atom. The summed E-state index contributed by atoms with van der Waals surface area (Å²) in [5.41, 5.74) is 2.98. The molecule has 0 amide bonds. The molecule has 0 aliphatic carbocycles. The number of para-hydroxylation sites is 1. The van der Waals surface area contributed by atoms with Gasteiger partial charge in [0.05, 0.1) is 0 Å². The van der Waals surface area contributed by atoms with Gasteiger partial charge in [0, 0.05) is 24.8 Å². The molecule has 1 aliphatic heterocycles. The van der Waals surface area contributed by atoms with E-state index in [4.69, 9.17) is 0 Å². The lowest BCUT2D eigenvalue weighted by Gasteiger charge is -2.40. The first kappa shape index (κ1) is 13.4. The zero-order valence-electron chi connectivity index (χ0n) is 11.9. The van der Waals surface area contributed by atoms with Crippen LogP contribution >= 0.6 is 0 Å².